The molecule has 0 aliphatic carbocycles. The third-order valence-corrected chi connectivity index (χ3v) is 3.74. The van der Waals surface area contributed by atoms with Crippen molar-refractivity contribution in [2.75, 3.05) is 11.9 Å². The Morgan fingerprint density at radius 2 is 2.22 bits per heavy atom. The van der Waals surface area contributed by atoms with Crippen LogP contribution in [0.25, 0.3) is 11.4 Å². The largest absolute Gasteiger partial charge is 0.369 e. The first-order valence-corrected chi connectivity index (χ1v) is 7.21. The van der Waals surface area contributed by atoms with E-state index < -0.39 is 0 Å². The summed E-state index contributed by atoms with van der Waals surface area (Å²) in [5.74, 6) is 0.956. The molecule has 0 aliphatic rings. The third kappa shape index (κ3) is 2.97. The molecule has 0 fully saturated rings. The van der Waals surface area contributed by atoms with Crippen molar-refractivity contribution >= 4 is 44.3 Å². The van der Waals surface area contributed by atoms with Gasteiger partial charge in [-0.15, -0.1) is 0 Å². The topological polar surface area (TPSA) is 37.8 Å². The monoisotopic (exact) mass is 421 g/mol. The first-order chi connectivity index (χ1) is 8.61. The summed E-state index contributed by atoms with van der Waals surface area (Å²) in [6.45, 7) is 2.77. The van der Waals surface area contributed by atoms with Crippen LogP contribution in [0.4, 0.5) is 10.2 Å². The molecule has 1 aromatic heterocycles. The number of benzene rings is 1. The van der Waals surface area contributed by atoms with Gasteiger partial charge in [0.05, 0.1) is 3.57 Å². The lowest BCUT2D eigenvalue weighted by atomic mass is 10.2. The fourth-order valence-corrected chi connectivity index (χ4v) is 2.33. The van der Waals surface area contributed by atoms with Crippen LogP contribution in [0, 0.1) is 9.39 Å². The van der Waals surface area contributed by atoms with Crippen molar-refractivity contribution in [2.45, 2.75) is 6.92 Å². The predicted octanol–water partition coefficient (Wildman–Crippen LogP) is 4.08. The highest BCUT2D eigenvalue weighted by Gasteiger charge is 2.10. The van der Waals surface area contributed by atoms with E-state index in [-0.39, 0.29) is 5.82 Å². The van der Waals surface area contributed by atoms with E-state index in [4.69, 9.17) is 0 Å². The smallest absolute Gasteiger partial charge is 0.162 e. The Kier molecular flexibility index (Phi) is 4.50. The van der Waals surface area contributed by atoms with Crippen molar-refractivity contribution in [3.63, 3.8) is 0 Å². The van der Waals surface area contributed by atoms with Gasteiger partial charge >= 0.3 is 0 Å². The molecule has 0 saturated heterocycles. The van der Waals surface area contributed by atoms with Crippen molar-refractivity contribution in [3.8, 4) is 11.4 Å². The summed E-state index contributed by atoms with van der Waals surface area (Å²) in [6.07, 6.45) is 1.72. The molecule has 2 rings (SSSR count). The summed E-state index contributed by atoms with van der Waals surface area (Å²) in [5.41, 5.74) is 0.644. The first-order valence-electron chi connectivity index (χ1n) is 5.33. The van der Waals surface area contributed by atoms with Crippen molar-refractivity contribution < 1.29 is 4.39 Å². The molecule has 1 N–H and O–H groups in total. The number of halogens is 3. The van der Waals surface area contributed by atoms with E-state index in [0.717, 1.165) is 20.4 Å². The molecule has 0 amide bonds. The molecule has 0 saturated carbocycles. The molecule has 6 heteroatoms. The highest BCUT2D eigenvalue weighted by atomic mass is 127. The molecule has 2 aromatic rings. The van der Waals surface area contributed by atoms with Gasteiger partial charge in [0, 0.05) is 22.8 Å². The Hall–Kier alpha value is -0.760. The second kappa shape index (κ2) is 5.92. The zero-order chi connectivity index (χ0) is 13.1. The molecule has 18 heavy (non-hydrogen) atoms. The molecule has 1 heterocycles. The van der Waals surface area contributed by atoms with E-state index in [1.54, 1.807) is 12.3 Å². The van der Waals surface area contributed by atoms with Gasteiger partial charge in [0.15, 0.2) is 5.82 Å². The maximum absolute atomic E-state index is 13.3. The maximum atomic E-state index is 13.3. The van der Waals surface area contributed by atoms with Crippen molar-refractivity contribution in [1.29, 1.82) is 0 Å². The summed E-state index contributed by atoms with van der Waals surface area (Å²) in [7, 11) is 0. The molecule has 0 aliphatic heterocycles. The van der Waals surface area contributed by atoms with E-state index in [1.807, 2.05) is 6.92 Å². The Balaban J connectivity index is 2.50. The zero-order valence-electron chi connectivity index (χ0n) is 9.54. The Labute approximate surface area is 127 Å². The van der Waals surface area contributed by atoms with Crippen molar-refractivity contribution in [3.05, 3.63) is 38.3 Å². The van der Waals surface area contributed by atoms with Crippen molar-refractivity contribution in [2.24, 2.45) is 0 Å². The van der Waals surface area contributed by atoms with E-state index >= 15 is 0 Å². The molecule has 3 nitrogen and oxygen atoms in total. The molecule has 0 bridgehead atoms. The van der Waals surface area contributed by atoms with E-state index in [2.05, 4.69) is 53.8 Å². The minimum absolute atomic E-state index is 0.305. The second-order valence-corrected chi connectivity index (χ2v) is 5.56. The molecular weight excluding hydrogens is 412 g/mol. The predicted molar refractivity (Wildman–Crippen MR) is 82.0 cm³/mol. The maximum Gasteiger partial charge on any atom is 0.162 e. The molecule has 0 atom stereocenters. The fraction of sp³-hybridized carbons (Fsp3) is 0.167. The van der Waals surface area contributed by atoms with Crippen LogP contribution in [0.15, 0.2) is 28.9 Å². The number of aromatic nitrogens is 2. The summed E-state index contributed by atoms with van der Waals surface area (Å²) in [5, 5.41) is 3.15. The standard InChI is InChI=1S/C12H10BrFIN3/c1-2-16-12-10(15)6-17-11(18-12)8-5-7(14)3-4-9(8)13/h3-6H,2H2,1H3,(H,16,17,18). The lowest BCUT2D eigenvalue weighted by Crippen LogP contribution is -2.04. The average molecular weight is 422 g/mol. The van der Waals surface area contributed by atoms with Gasteiger partial charge in [-0.1, -0.05) is 15.9 Å². The van der Waals surface area contributed by atoms with Crippen LogP contribution in [-0.2, 0) is 0 Å². The fourth-order valence-electron chi connectivity index (χ4n) is 1.46. The van der Waals surface area contributed by atoms with Crippen LogP contribution < -0.4 is 5.32 Å². The SMILES string of the molecule is CCNc1nc(-c2cc(F)ccc2Br)ncc1I. The Bertz CT molecular complexity index is 577. The van der Waals surface area contributed by atoms with Gasteiger partial charge in [0.1, 0.15) is 11.6 Å². The number of hydrogen-bond acceptors (Lipinski definition) is 3. The van der Waals surface area contributed by atoms with Crippen LogP contribution in [0.3, 0.4) is 0 Å². The number of nitrogens with one attached hydrogen (secondary N) is 1. The molecule has 94 valence electrons. The highest BCUT2D eigenvalue weighted by Crippen LogP contribution is 2.28. The van der Waals surface area contributed by atoms with Crippen LogP contribution in [0.2, 0.25) is 0 Å². The van der Waals surface area contributed by atoms with Gasteiger partial charge in [-0.25, -0.2) is 14.4 Å². The van der Waals surface area contributed by atoms with Gasteiger partial charge in [-0.2, -0.15) is 0 Å². The average Bonchev–Trinajstić information content (AvgIpc) is 2.35. The van der Waals surface area contributed by atoms with Crippen LogP contribution in [0.5, 0.6) is 0 Å². The molecule has 0 spiro atoms. The lowest BCUT2D eigenvalue weighted by molar-refractivity contribution is 0.628. The van der Waals surface area contributed by atoms with Crippen LogP contribution >= 0.6 is 38.5 Å². The molecule has 1 aromatic carbocycles. The summed E-state index contributed by atoms with van der Waals surface area (Å²) < 4.78 is 15.0. The normalized spacial score (nSPS) is 10.4. The summed E-state index contributed by atoms with van der Waals surface area (Å²) in [6, 6.07) is 4.46. The quantitative estimate of drug-likeness (QED) is 0.758. The van der Waals surface area contributed by atoms with Crippen molar-refractivity contribution in [1.82, 2.24) is 9.97 Å². The van der Waals surface area contributed by atoms with E-state index in [9.17, 15) is 4.39 Å². The minimum atomic E-state index is -0.305. The Morgan fingerprint density at radius 3 is 2.94 bits per heavy atom. The molecule has 0 unspecified atom stereocenters. The minimum Gasteiger partial charge on any atom is -0.369 e. The number of nitrogens with zero attached hydrogens (tertiary/aromatic N) is 2. The van der Waals surface area contributed by atoms with E-state index in [0.29, 0.717) is 11.4 Å². The zero-order valence-corrected chi connectivity index (χ0v) is 13.3. The summed E-state index contributed by atoms with van der Waals surface area (Å²) >= 11 is 5.54. The highest BCUT2D eigenvalue weighted by molar-refractivity contribution is 14.1. The summed E-state index contributed by atoms with van der Waals surface area (Å²) in [4.78, 5) is 8.65. The van der Waals surface area contributed by atoms with Crippen LogP contribution in [0.1, 0.15) is 6.92 Å². The van der Waals surface area contributed by atoms with Gasteiger partial charge in [-0.3, -0.25) is 0 Å². The van der Waals surface area contributed by atoms with Gasteiger partial charge in [0.2, 0.25) is 0 Å². The molecular formula is C12H10BrFIN3. The van der Waals surface area contributed by atoms with Gasteiger partial charge in [0.25, 0.3) is 0 Å². The number of anilines is 1. The lowest BCUT2D eigenvalue weighted by Gasteiger charge is -2.08. The first kappa shape index (κ1) is 13.7. The van der Waals surface area contributed by atoms with E-state index in [1.165, 1.54) is 12.1 Å². The van der Waals surface area contributed by atoms with Crippen LogP contribution in [-0.4, -0.2) is 16.5 Å². The number of rotatable bonds is 3. The third-order valence-electron chi connectivity index (χ3n) is 2.26. The molecule has 0 radical (unpaired) electrons. The van der Waals surface area contributed by atoms with Gasteiger partial charge < -0.3 is 5.32 Å². The van der Waals surface area contributed by atoms with Gasteiger partial charge in [-0.05, 0) is 47.7 Å². The second-order valence-electron chi connectivity index (χ2n) is 3.54. The number of hydrogen-bond donors (Lipinski definition) is 1. The Morgan fingerprint density at radius 1 is 1.44 bits per heavy atom.